The van der Waals surface area contributed by atoms with E-state index < -0.39 is 0 Å². The number of hydrogen-bond acceptors (Lipinski definition) is 2. The van der Waals surface area contributed by atoms with E-state index in [9.17, 15) is 4.79 Å². The molecule has 0 bridgehead atoms. The lowest BCUT2D eigenvalue weighted by Gasteiger charge is -2.11. The van der Waals surface area contributed by atoms with Crippen LogP contribution in [-0.4, -0.2) is 13.0 Å². The third-order valence-corrected chi connectivity index (χ3v) is 3.34. The zero-order valence-electron chi connectivity index (χ0n) is 11.7. The van der Waals surface area contributed by atoms with Crippen molar-refractivity contribution in [2.75, 3.05) is 12.4 Å². The highest BCUT2D eigenvalue weighted by atomic mass is 16.5. The Kier molecular flexibility index (Phi) is 3.56. The quantitative estimate of drug-likeness (QED) is 0.782. The van der Waals surface area contributed by atoms with Crippen LogP contribution in [0.2, 0.25) is 0 Å². The van der Waals surface area contributed by atoms with Crippen molar-refractivity contribution in [2.24, 2.45) is 0 Å². The van der Waals surface area contributed by atoms with Gasteiger partial charge in [0.15, 0.2) is 0 Å². The van der Waals surface area contributed by atoms with Crippen LogP contribution in [0.15, 0.2) is 66.7 Å². The Labute approximate surface area is 123 Å². The van der Waals surface area contributed by atoms with Crippen LogP contribution in [-0.2, 0) is 0 Å². The summed E-state index contributed by atoms with van der Waals surface area (Å²) in [6.07, 6.45) is 0. The van der Waals surface area contributed by atoms with E-state index in [1.165, 1.54) is 0 Å². The zero-order valence-corrected chi connectivity index (χ0v) is 11.7. The number of benzene rings is 3. The molecule has 0 aromatic heterocycles. The first-order valence-electron chi connectivity index (χ1n) is 6.71. The molecule has 0 saturated heterocycles. The second kappa shape index (κ2) is 5.67. The van der Waals surface area contributed by atoms with Gasteiger partial charge in [-0.25, -0.2) is 0 Å². The highest BCUT2D eigenvalue weighted by molar-refractivity contribution is 6.08. The van der Waals surface area contributed by atoms with Gasteiger partial charge in [-0.05, 0) is 35.0 Å². The molecule has 1 amide bonds. The molecular weight excluding hydrogens is 262 g/mol. The van der Waals surface area contributed by atoms with E-state index in [1.54, 1.807) is 7.11 Å². The largest absolute Gasteiger partial charge is 0.496 e. The van der Waals surface area contributed by atoms with Crippen molar-refractivity contribution >= 4 is 22.4 Å². The Morgan fingerprint density at radius 2 is 1.52 bits per heavy atom. The SMILES string of the molecule is COc1cc2ccccc2cc1C(=O)Nc1ccccc1. The monoisotopic (exact) mass is 277 g/mol. The fourth-order valence-corrected chi connectivity index (χ4v) is 2.29. The average Bonchev–Trinajstić information content (AvgIpc) is 2.54. The number of hydrogen-bond donors (Lipinski definition) is 1. The van der Waals surface area contributed by atoms with E-state index in [4.69, 9.17) is 4.74 Å². The van der Waals surface area contributed by atoms with Crippen molar-refractivity contribution in [3.05, 3.63) is 72.3 Å². The smallest absolute Gasteiger partial charge is 0.259 e. The molecule has 3 rings (SSSR count). The first kappa shape index (κ1) is 13.2. The third kappa shape index (κ3) is 2.72. The topological polar surface area (TPSA) is 38.3 Å². The van der Waals surface area contributed by atoms with E-state index in [1.807, 2.05) is 66.7 Å². The molecule has 0 aliphatic carbocycles. The molecule has 21 heavy (non-hydrogen) atoms. The van der Waals surface area contributed by atoms with Gasteiger partial charge < -0.3 is 10.1 Å². The second-order valence-corrected chi connectivity index (χ2v) is 4.72. The standard InChI is InChI=1S/C18H15NO2/c1-21-17-12-14-8-6-5-7-13(14)11-16(17)18(20)19-15-9-3-2-4-10-15/h2-12H,1H3,(H,19,20). The summed E-state index contributed by atoms with van der Waals surface area (Å²) < 4.78 is 5.35. The fraction of sp³-hybridized carbons (Fsp3) is 0.0556. The van der Waals surface area contributed by atoms with Gasteiger partial charge in [0.05, 0.1) is 12.7 Å². The van der Waals surface area contributed by atoms with Crippen molar-refractivity contribution in [1.29, 1.82) is 0 Å². The van der Waals surface area contributed by atoms with Gasteiger partial charge in [0.1, 0.15) is 5.75 Å². The molecule has 0 aliphatic rings. The third-order valence-electron chi connectivity index (χ3n) is 3.34. The molecule has 0 unspecified atom stereocenters. The van der Waals surface area contributed by atoms with Crippen LogP contribution in [0.5, 0.6) is 5.75 Å². The molecule has 3 nitrogen and oxygen atoms in total. The lowest BCUT2D eigenvalue weighted by Crippen LogP contribution is -2.13. The molecular formula is C18H15NO2. The van der Waals surface area contributed by atoms with Gasteiger partial charge in [-0.2, -0.15) is 0 Å². The number of methoxy groups -OCH3 is 1. The lowest BCUT2D eigenvalue weighted by molar-refractivity contribution is 0.102. The van der Waals surface area contributed by atoms with E-state index in [-0.39, 0.29) is 5.91 Å². The van der Waals surface area contributed by atoms with Crippen LogP contribution < -0.4 is 10.1 Å². The maximum absolute atomic E-state index is 12.4. The van der Waals surface area contributed by atoms with Crippen LogP contribution >= 0.6 is 0 Å². The number of carbonyl (C=O) groups is 1. The first-order valence-corrected chi connectivity index (χ1v) is 6.71. The van der Waals surface area contributed by atoms with Gasteiger partial charge in [0.2, 0.25) is 0 Å². The van der Waals surface area contributed by atoms with Gasteiger partial charge >= 0.3 is 0 Å². The zero-order chi connectivity index (χ0) is 14.7. The Morgan fingerprint density at radius 3 is 2.19 bits per heavy atom. The molecule has 0 spiro atoms. The summed E-state index contributed by atoms with van der Waals surface area (Å²) >= 11 is 0. The Hall–Kier alpha value is -2.81. The Morgan fingerprint density at radius 1 is 0.905 bits per heavy atom. The molecule has 3 aromatic rings. The van der Waals surface area contributed by atoms with Gasteiger partial charge in [0, 0.05) is 5.69 Å². The van der Waals surface area contributed by atoms with Crippen molar-refractivity contribution in [2.45, 2.75) is 0 Å². The molecule has 0 heterocycles. The predicted octanol–water partition coefficient (Wildman–Crippen LogP) is 4.10. The van der Waals surface area contributed by atoms with Crippen LogP contribution in [0.1, 0.15) is 10.4 Å². The molecule has 0 saturated carbocycles. The van der Waals surface area contributed by atoms with Gasteiger partial charge in [-0.15, -0.1) is 0 Å². The van der Waals surface area contributed by atoms with E-state index in [0.717, 1.165) is 16.5 Å². The predicted molar refractivity (Wildman–Crippen MR) is 84.9 cm³/mol. The van der Waals surface area contributed by atoms with E-state index in [0.29, 0.717) is 11.3 Å². The van der Waals surface area contributed by atoms with Crippen molar-refractivity contribution < 1.29 is 9.53 Å². The van der Waals surface area contributed by atoms with Crippen LogP contribution in [0, 0.1) is 0 Å². The normalized spacial score (nSPS) is 10.3. The van der Waals surface area contributed by atoms with Crippen molar-refractivity contribution in [1.82, 2.24) is 0 Å². The van der Waals surface area contributed by atoms with Crippen molar-refractivity contribution in [3.63, 3.8) is 0 Å². The Bertz CT molecular complexity index is 782. The molecule has 0 atom stereocenters. The maximum atomic E-state index is 12.4. The number of ether oxygens (including phenoxy) is 1. The Balaban J connectivity index is 2.00. The summed E-state index contributed by atoms with van der Waals surface area (Å²) in [5.41, 5.74) is 1.29. The van der Waals surface area contributed by atoms with E-state index >= 15 is 0 Å². The molecule has 0 fully saturated rings. The minimum absolute atomic E-state index is 0.177. The number of para-hydroxylation sites is 1. The first-order chi connectivity index (χ1) is 10.3. The molecule has 0 radical (unpaired) electrons. The number of rotatable bonds is 3. The summed E-state index contributed by atoms with van der Waals surface area (Å²) in [6, 6.07) is 21.0. The summed E-state index contributed by atoms with van der Waals surface area (Å²) in [5, 5.41) is 4.94. The number of carbonyl (C=O) groups excluding carboxylic acids is 1. The van der Waals surface area contributed by atoms with E-state index in [2.05, 4.69) is 5.32 Å². The minimum Gasteiger partial charge on any atom is -0.496 e. The summed E-state index contributed by atoms with van der Waals surface area (Å²) in [5.74, 6) is 0.394. The molecule has 104 valence electrons. The summed E-state index contributed by atoms with van der Waals surface area (Å²) in [7, 11) is 1.57. The minimum atomic E-state index is -0.177. The fourth-order valence-electron chi connectivity index (χ4n) is 2.29. The van der Waals surface area contributed by atoms with Crippen LogP contribution in [0.25, 0.3) is 10.8 Å². The average molecular weight is 277 g/mol. The molecule has 1 N–H and O–H groups in total. The van der Waals surface area contributed by atoms with Crippen molar-refractivity contribution in [3.8, 4) is 5.75 Å². The number of amides is 1. The second-order valence-electron chi connectivity index (χ2n) is 4.72. The molecule has 3 heteroatoms. The number of anilines is 1. The molecule has 3 aromatic carbocycles. The van der Waals surface area contributed by atoms with Gasteiger partial charge in [-0.3, -0.25) is 4.79 Å². The van der Waals surface area contributed by atoms with Crippen LogP contribution in [0.3, 0.4) is 0 Å². The van der Waals surface area contributed by atoms with Crippen LogP contribution in [0.4, 0.5) is 5.69 Å². The highest BCUT2D eigenvalue weighted by Crippen LogP contribution is 2.26. The van der Waals surface area contributed by atoms with Gasteiger partial charge in [-0.1, -0.05) is 42.5 Å². The van der Waals surface area contributed by atoms with Gasteiger partial charge in [0.25, 0.3) is 5.91 Å². The summed E-state index contributed by atoms with van der Waals surface area (Å²) in [4.78, 5) is 12.4. The summed E-state index contributed by atoms with van der Waals surface area (Å²) in [6.45, 7) is 0. The molecule has 0 aliphatic heterocycles. The highest BCUT2D eigenvalue weighted by Gasteiger charge is 2.13. The lowest BCUT2D eigenvalue weighted by atomic mass is 10.1. The maximum Gasteiger partial charge on any atom is 0.259 e. The number of nitrogens with one attached hydrogen (secondary N) is 1. The number of fused-ring (bicyclic) bond motifs is 1.